The number of amides is 1. The number of ether oxygens (including phenoxy) is 2. The molecule has 0 aromatic rings. The van der Waals surface area contributed by atoms with Crippen LogP contribution in [-0.4, -0.2) is 42.8 Å². The van der Waals surface area contributed by atoms with Gasteiger partial charge in [0.2, 0.25) is 0 Å². The van der Waals surface area contributed by atoms with Gasteiger partial charge in [-0.1, -0.05) is 32.1 Å². The maximum Gasteiger partial charge on any atom is 0.410 e. The molecule has 0 spiro atoms. The fraction of sp³-hybridized carbons (Fsp3) is 0.895. The first-order valence-corrected chi connectivity index (χ1v) is 9.34. The van der Waals surface area contributed by atoms with Crippen molar-refractivity contribution in [1.82, 2.24) is 4.90 Å². The van der Waals surface area contributed by atoms with Crippen molar-refractivity contribution in [3.05, 3.63) is 0 Å². The zero-order valence-corrected chi connectivity index (χ0v) is 15.7. The molecule has 1 saturated carbocycles. The molecule has 2 atom stereocenters. The number of carbonyl (C=O) groups excluding carboxylic acids is 2. The van der Waals surface area contributed by atoms with Gasteiger partial charge in [0.1, 0.15) is 5.60 Å². The minimum absolute atomic E-state index is 0.211. The summed E-state index contributed by atoms with van der Waals surface area (Å²) < 4.78 is 10.5. The lowest BCUT2D eigenvalue weighted by Gasteiger charge is -2.39. The molecule has 0 N–H and O–H groups in total. The van der Waals surface area contributed by atoms with E-state index in [1.165, 1.54) is 39.2 Å². The van der Waals surface area contributed by atoms with Crippen molar-refractivity contribution in [3.63, 3.8) is 0 Å². The van der Waals surface area contributed by atoms with E-state index in [0.29, 0.717) is 19.0 Å². The third-order valence-corrected chi connectivity index (χ3v) is 5.11. The highest BCUT2D eigenvalue weighted by Gasteiger charge is 2.37. The number of carbonyl (C=O) groups is 2. The van der Waals surface area contributed by atoms with Gasteiger partial charge < -0.3 is 14.4 Å². The molecular weight excluding hydrogens is 306 g/mol. The van der Waals surface area contributed by atoms with Crippen LogP contribution in [0.2, 0.25) is 0 Å². The molecule has 5 nitrogen and oxygen atoms in total. The van der Waals surface area contributed by atoms with Crippen molar-refractivity contribution in [2.75, 3.05) is 20.2 Å². The Morgan fingerprint density at radius 1 is 1.04 bits per heavy atom. The number of methoxy groups -OCH3 is 1. The van der Waals surface area contributed by atoms with Gasteiger partial charge in [0.25, 0.3) is 0 Å². The molecule has 1 amide bonds. The number of nitrogens with zero attached hydrogens (tertiary/aromatic N) is 1. The third kappa shape index (κ3) is 5.67. The largest absolute Gasteiger partial charge is 0.469 e. The molecule has 5 heteroatoms. The predicted octanol–water partition coefficient (Wildman–Crippen LogP) is 4.00. The van der Waals surface area contributed by atoms with E-state index in [2.05, 4.69) is 0 Å². The molecule has 2 aliphatic rings. The molecule has 2 fully saturated rings. The van der Waals surface area contributed by atoms with E-state index in [-0.39, 0.29) is 18.0 Å². The fourth-order valence-electron chi connectivity index (χ4n) is 4.08. The smallest absolute Gasteiger partial charge is 0.410 e. The Kier molecular flexibility index (Phi) is 6.53. The van der Waals surface area contributed by atoms with Crippen molar-refractivity contribution in [3.8, 4) is 0 Å². The topological polar surface area (TPSA) is 55.8 Å². The van der Waals surface area contributed by atoms with Crippen molar-refractivity contribution >= 4 is 12.1 Å². The molecule has 0 radical (unpaired) electrons. The monoisotopic (exact) mass is 339 g/mol. The molecule has 138 valence electrons. The first kappa shape index (κ1) is 19.1. The molecule has 2 rings (SSSR count). The standard InChI is InChI=1S/C19H33NO4/c1-19(2,3)24-18(22)20-12-15(10-14-8-6-5-7-9-14)11-16(13-20)17(21)23-4/h14-16H,5-13H2,1-4H3. The summed E-state index contributed by atoms with van der Waals surface area (Å²) in [5, 5.41) is 0. The van der Waals surface area contributed by atoms with Crippen molar-refractivity contribution in [1.29, 1.82) is 0 Å². The first-order chi connectivity index (χ1) is 11.3. The summed E-state index contributed by atoms with van der Waals surface area (Å²) in [7, 11) is 1.42. The van der Waals surface area contributed by atoms with Crippen LogP contribution >= 0.6 is 0 Å². The van der Waals surface area contributed by atoms with Crippen LogP contribution in [0.1, 0.15) is 65.7 Å². The van der Waals surface area contributed by atoms with Gasteiger partial charge in [-0.15, -0.1) is 0 Å². The Hall–Kier alpha value is -1.26. The van der Waals surface area contributed by atoms with Gasteiger partial charge in [-0.2, -0.15) is 0 Å². The molecule has 24 heavy (non-hydrogen) atoms. The molecular formula is C19H33NO4. The van der Waals surface area contributed by atoms with Crippen LogP contribution in [0.4, 0.5) is 4.79 Å². The number of rotatable bonds is 3. The quantitative estimate of drug-likeness (QED) is 0.729. The Morgan fingerprint density at radius 3 is 2.29 bits per heavy atom. The van der Waals surface area contributed by atoms with Crippen LogP contribution < -0.4 is 0 Å². The van der Waals surface area contributed by atoms with Crippen LogP contribution in [0.5, 0.6) is 0 Å². The highest BCUT2D eigenvalue weighted by atomic mass is 16.6. The van der Waals surface area contributed by atoms with Crippen molar-refractivity contribution < 1.29 is 19.1 Å². The number of hydrogen-bond donors (Lipinski definition) is 0. The molecule has 2 unspecified atom stereocenters. The highest BCUT2D eigenvalue weighted by Crippen LogP contribution is 2.34. The zero-order valence-electron chi connectivity index (χ0n) is 15.7. The lowest BCUT2D eigenvalue weighted by atomic mass is 9.78. The minimum Gasteiger partial charge on any atom is -0.469 e. The second kappa shape index (κ2) is 8.21. The summed E-state index contributed by atoms with van der Waals surface area (Å²) in [6, 6.07) is 0. The van der Waals surface area contributed by atoms with Crippen LogP contribution in [0.15, 0.2) is 0 Å². The van der Waals surface area contributed by atoms with Crippen LogP contribution in [-0.2, 0) is 14.3 Å². The van der Waals surface area contributed by atoms with Crippen molar-refractivity contribution in [2.45, 2.75) is 71.3 Å². The normalized spacial score (nSPS) is 26.1. The lowest BCUT2D eigenvalue weighted by molar-refractivity contribution is -0.148. The van der Waals surface area contributed by atoms with E-state index < -0.39 is 5.60 Å². The van der Waals surface area contributed by atoms with Gasteiger partial charge in [-0.05, 0) is 45.4 Å². The van der Waals surface area contributed by atoms with E-state index in [1.54, 1.807) is 4.90 Å². The summed E-state index contributed by atoms with van der Waals surface area (Å²) in [6.45, 7) is 6.70. The average Bonchev–Trinajstić information content (AvgIpc) is 2.53. The SMILES string of the molecule is COC(=O)C1CC(CC2CCCCC2)CN(C(=O)OC(C)(C)C)C1. The molecule has 1 saturated heterocycles. The summed E-state index contributed by atoms with van der Waals surface area (Å²) >= 11 is 0. The number of hydrogen-bond acceptors (Lipinski definition) is 4. The Balaban J connectivity index is 2.01. The van der Waals surface area contributed by atoms with Gasteiger partial charge in [-0.3, -0.25) is 4.79 Å². The van der Waals surface area contributed by atoms with Gasteiger partial charge in [0.15, 0.2) is 0 Å². The zero-order chi connectivity index (χ0) is 17.7. The molecule has 1 aliphatic heterocycles. The average molecular weight is 339 g/mol. The summed E-state index contributed by atoms with van der Waals surface area (Å²) in [4.78, 5) is 26.2. The van der Waals surface area contributed by atoms with Crippen LogP contribution in [0, 0.1) is 17.8 Å². The van der Waals surface area contributed by atoms with E-state index in [4.69, 9.17) is 9.47 Å². The molecule has 0 bridgehead atoms. The summed E-state index contributed by atoms with van der Waals surface area (Å²) in [6.07, 6.45) is 8.15. The molecule has 0 aromatic heterocycles. The highest BCUT2D eigenvalue weighted by molar-refractivity contribution is 5.75. The van der Waals surface area contributed by atoms with Gasteiger partial charge >= 0.3 is 12.1 Å². The fourth-order valence-corrected chi connectivity index (χ4v) is 4.08. The summed E-state index contributed by atoms with van der Waals surface area (Å²) in [5.41, 5.74) is -0.520. The van der Waals surface area contributed by atoms with E-state index in [9.17, 15) is 9.59 Å². The third-order valence-electron chi connectivity index (χ3n) is 5.11. The van der Waals surface area contributed by atoms with Crippen molar-refractivity contribution in [2.24, 2.45) is 17.8 Å². The maximum atomic E-state index is 12.5. The predicted molar refractivity (Wildman–Crippen MR) is 92.6 cm³/mol. The summed E-state index contributed by atoms with van der Waals surface area (Å²) in [5.74, 6) is 0.654. The van der Waals surface area contributed by atoms with Gasteiger partial charge in [-0.25, -0.2) is 4.79 Å². The van der Waals surface area contributed by atoms with Crippen LogP contribution in [0.3, 0.4) is 0 Å². The van der Waals surface area contributed by atoms with E-state index in [1.807, 2.05) is 20.8 Å². The van der Waals surface area contributed by atoms with E-state index in [0.717, 1.165) is 18.8 Å². The van der Waals surface area contributed by atoms with Gasteiger partial charge in [0.05, 0.1) is 13.0 Å². The number of likely N-dealkylation sites (tertiary alicyclic amines) is 1. The molecule has 1 heterocycles. The molecule has 0 aromatic carbocycles. The Labute approximate surface area is 146 Å². The number of esters is 1. The second-order valence-corrected chi connectivity index (χ2v) is 8.45. The van der Waals surface area contributed by atoms with Gasteiger partial charge in [0, 0.05) is 13.1 Å². The maximum absolute atomic E-state index is 12.5. The number of piperidine rings is 1. The van der Waals surface area contributed by atoms with E-state index >= 15 is 0 Å². The lowest BCUT2D eigenvalue weighted by Crippen LogP contribution is -2.48. The second-order valence-electron chi connectivity index (χ2n) is 8.45. The first-order valence-electron chi connectivity index (χ1n) is 9.34. The minimum atomic E-state index is -0.520. The van der Waals surface area contributed by atoms with Crippen LogP contribution in [0.25, 0.3) is 0 Å². The Morgan fingerprint density at radius 2 is 1.71 bits per heavy atom. The Bertz CT molecular complexity index is 437. The molecule has 1 aliphatic carbocycles.